The van der Waals surface area contributed by atoms with Crippen molar-refractivity contribution < 1.29 is 27.1 Å². The number of hydrogen-bond acceptors (Lipinski definition) is 4. The maximum absolute atomic E-state index is 13.9. The Labute approximate surface area is 181 Å². The number of benzene rings is 3. The van der Waals surface area contributed by atoms with Crippen molar-refractivity contribution >= 4 is 11.0 Å². The van der Waals surface area contributed by atoms with E-state index in [0.29, 0.717) is 5.75 Å². The van der Waals surface area contributed by atoms with E-state index in [2.05, 4.69) is 0 Å². The van der Waals surface area contributed by atoms with Crippen molar-refractivity contribution in [1.82, 2.24) is 0 Å². The van der Waals surface area contributed by atoms with E-state index >= 15 is 0 Å². The Bertz CT molecular complexity index is 1340. The molecule has 32 heavy (non-hydrogen) atoms. The molecule has 4 nitrogen and oxygen atoms in total. The van der Waals surface area contributed by atoms with Crippen LogP contribution >= 0.6 is 0 Å². The molecule has 0 aliphatic heterocycles. The third-order valence-corrected chi connectivity index (χ3v) is 5.15. The first-order chi connectivity index (χ1) is 15.3. The maximum atomic E-state index is 13.9. The number of fused-ring (bicyclic) bond motifs is 1. The van der Waals surface area contributed by atoms with E-state index in [4.69, 9.17) is 13.9 Å². The SMILES string of the molecule is COc1ccccc1-c1c(C(F)(F)F)oc2cc(OCc3ccccc3C)ccc2c1=O. The van der Waals surface area contributed by atoms with Crippen molar-refractivity contribution in [3.8, 4) is 22.6 Å². The van der Waals surface area contributed by atoms with Gasteiger partial charge in [0.05, 0.1) is 18.1 Å². The molecule has 0 saturated heterocycles. The summed E-state index contributed by atoms with van der Waals surface area (Å²) in [5.41, 5.74) is 0.392. The predicted molar refractivity (Wildman–Crippen MR) is 115 cm³/mol. The first kappa shape index (κ1) is 21.5. The second kappa shape index (κ2) is 8.42. The molecule has 0 spiro atoms. The van der Waals surface area contributed by atoms with E-state index < -0.39 is 22.9 Å². The molecule has 0 bridgehead atoms. The van der Waals surface area contributed by atoms with Gasteiger partial charge in [0.25, 0.3) is 0 Å². The smallest absolute Gasteiger partial charge is 0.450 e. The molecule has 0 aliphatic rings. The van der Waals surface area contributed by atoms with E-state index in [0.717, 1.165) is 11.1 Å². The first-order valence-electron chi connectivity index (χ1n) is 9.78. The minimum atomic E-state index is -4.89. The maximum Gasteiger partial charge on any atom is 0.450 e. The lowest BCUT2D eigenvalue weighted by atomic mass is 10.0. The molecule has 0 saturated carbocycles. The highest BCUT2D eigenvalue weighted by atomic mass is 19.4. The molecular weight excluding hydrogens is 421 g/mol. The van der Waals surface area contributed by atoms with Gasteiger partial charge >= 0.3 is 6.18 Å². The molecule has 0 radical (unpaired) electrons. The molecule has 0 N–H and O–H groups in total. The number of aryl methyl sites for hydroxylation is 1. The zero-order valence-electron chi connectivity index (χ0n) is 17.3. The van der Waals surface area contributed by atoms with Crippen molar-refractivity contribution in [2.24, 2.45) is 0 Å². The Balaban J connectivity index is 1.83. The number of rotatable bonds is 5. The predicted octanol–water partition coefficient (Wildman–Crippen LogP) is 6.37. The Hall–Kier alpha value is -3.74. The Morgan fingerprint density at radius 3 is 2.41 bits per heavy atom. The van der Waals surface area contributed by atoms with E-state index in [9.17, 15) is 18.0 Å². The zero-order valence-corrected chi connectivity index (χ0v) is 17.3. The van der Waals surface area contributed by atoms with Crippen molar-refractivity contribution in [3.05, 3.63) is 93.8 Å². The van der Waals surface area contributed by atoms with Crippen LogP contribution in [0.15, 0.2) is 75.9 Å². The fourth-order valence-corrected chi connectivity index (χ4v) is 3.49. The van der Waals surface area contributed by atoms with Crippen LogP contribution in [-0.4, -0.2) is 7.11 Å². The topological polar surface area (TPSA) is 48.7 Å². The average molecular weight is 440 g/mol. The molecule has 3 aromatic carbocycles. The van der Waals surface area contributed by atoms with Crippen LogP contribution in [0, 0.1) is 6.92 Å². The second-order valence-corrected chi connectivity index (χ2v) is 7.21. The Kier molecular flexibility index (Phi) is 5.65. The molecular formula is C25H19F3O4. The Morgan fingerprint density at radius 2 is 1.69 bits per heavy atom. The van der Waals surface area contributed by atoms with Gasteiger partial charge in [-0.05, 0) is 36.2 Å². The number of alkyl halides is 3. The number of hydrogen-bond donors (Lipinski definition) is 0. The molecule has 0 fully saturated rings. The highest BCUT2D eigenvalue weighted by Gasteiger charge is 2.40. The summed E-state index contributed by atoms with van der Waals surface area (Å²) in [4.78, 5) is 13.1. The van der Waals surface area contributed by atoms with Gasteiger partial charge in [0.1, 0.15) is 23.7 Å². The molecule has 4 rings (SSSR count). The fraction of sp³-hybridized carbons (Fsp3) is 0.160. The normalized spacial score (nSPS) is 11.5. The van der Waals surface area contributed by atoms with Crippen LogP contribution in [0.1, 0.15) is 16.9 Å². The number of ether oxygens (including phenoxy) is 2. The van der Waals surface area contributed by atoms with Crippen LogP contribution in [0.3, 0.4) is 0 Å². The lowest BCUT2D eigenvalue weighted by molar-refractivity contribution is -0.152. The molecule has 0 aliphatic carbocycles. The summed E-state index contributed by atoms with van der Waals surface area (Å²) in [7, 11) is 1.33. The van der Waals surface area contributed by atoms with Crippen LogP contribution in [0.5, 0.6) is 11.5 Å². The molecule has 7 heteroatoms. The van der Waals surface area contributed by atoms with Gasteiger partial charge in [0, 0.05) is 11.6 Å². The Morgan fingerprint density at radius 1 is 0.969 bits per heavy atom. The molecule has 4 aromatic rings. The quantitative estimate of drug-likeness (QED) is 0.362. The molecule has 1 aromatic heterocycles. The van der Waals surface area contributed by atoms with Gasteiger partial charge in [-0.1, -0.05) is 42.5 Å². The second-order valence-electron chi connectivity index (χ2n) is 7.21. The van der Waals surface area contributed by atoms with Gasteiger partial charge in [-0.2, -0.15) is 13.2 Å². The minimum Gasteiger partial charge on any atom is -0.496 e. The third-order valence-electron chi connectivity index (χ3n) is 5.15. The zero-order chi connectivity index (χ0) is 22.9. The largest absolute Gasteiger partial charge is 0.496 e. The summed E-state index contributed by atoms with van der Waals surface area (Å²) in [6, 6.07) is 17.9. The highest BCUT2D eigenvalue weighted by molar-refractivity contribution is 5.85. The van der Waals surface area contributed by atoms with Crippen molar-refractivity contribution in [2.75, 3.05) is 7.11 Å². The van der Waals surface area contributed by atoms with E-state index in [1.54, 1.807) is 6.07 Å². The van der Waals surface area contributed by atoms with Gasteiger partial charge < -0.3 is 13.9 Å². The molecule has 164 valence electrons. The minimum absolute atomic E-state index is 0.0119. The van der Waals surface area contributed by atoms with Gasteiger partial charge in [0.15, 0.2) is 0 Å². The lowest BCUT2D eigenvalue weighted by Gasteiger charge is -2.15. The average Bonchev–Trinajstić information content (AvgIpc) is 2.77. The van der Waals surface area contributed by atoms with Gasteiger partial charge in [0.2, 0.25) is 11.2 Å². The standard InChI is InChI=1S/C25H19F3O4/c1-15-7-3-4-8-16(15)14-31-17-11-12-19-21(13-17)32-24(25(26,27)28)22(23(19)29)18-9-5-6-10-20(18)30-2/h3-13H,14H2,1-2H3. The summed E-state index contributed by atoms with van der Waals surface area (Å²) < 4.78 is 57.8. The van der Waals surface area contributed by atoms with Crippen molar-refractivity contribution in [3.63, 3.8) is 0 Å². The molecule has 1 heterocycles. The number of halogens is 3. The van der Waals surface area contributed by atoms with E-state index in [1.807, 2.05) is 31.2 Å². The molecule has 0 amide bonds. The van der Waals surface area contributed by atoms with Crippen LogP contribution < -0.4 is 14.9 Å². The summed E-state index contributed by atoms with van der Waals surface area (Å²) in [5.74, 6) is -0.944. The number of methoxy groups -OCH3 is 1. The van der Waals surface area contributed by atoms with E-state index in [-0.39, 0.29) is 28.9 Å². The fourth-order valence-electron chi connectivity index (χ4n) is 3.49. The first-order valence-corrected chi connectivity index (χ1v) is 9.78. The summed E-state index contributed by atoms with van der Waals surface area (Å²) >= 11 is 0. The third kappa shape index (κ3) is 4.06. The molecule has 0 unspecified atom stereocenters. The van der Waals surface area contributed by atoms with Crippen LogP contribution in [0.2, 0.25) is 0 Å². The summed E-state index contributed by atoms with van der Waals surface area (Å²) in [6.45, 7) is 2.17. The van der Waals surface area contributed by atoms with Crippen molar-refractivity contribution in [1.29, 1.82) is 0 Å². The van der Waals surface area contributed by atoms with Crippen LogP contribution in [0.4, 0.5) is 13.2 Å². The summed E-state index contributed by atoms with van der Waals surface area (Å²) in [5, 5.41) is 0.0159. The van der Waals surface area contributed by atoms with Gasteiger partial charge in [-0.25, -0.2) is 0 Å². The van der Waals surface area contributed by atoms with E-state index in [1.165, 1.54) is 43.5 Å². The number of para-hydroxylation sites is 1. The van der Waals surface area contributed by atoms with Crippen LogP contribution in [-0.2, 0) is 12.8 Å². The summed E-state index contributed by atoms with van der Waals surface area (Å²) in [6.07, 6.45) is -4.89. The van der Waals surface area contributed by atoms with Crippen molar-refractivity contribution in [2.45, 2.75) is 19.7 Å². The molecule has 0 atom stereocenters. The van der Waals surface area contributed by atoms with Crippen LogP contribution in [0.25, 0.3) is 22.1 Å². The monoisotopic (exact) mass is 440 g/mol. The van der Waals surface area contributed by atoms with Gasteiger partial charge in [-0.3, -0.25) is 4.79 Å². The van der Waals surface area contributed by atoms with Gasteiger partial charge in [-0.15, -0.1) is 0 Å². The highest BCUT2D eigenvalue weighted by Crippen LogP contribution is 2.40. The lowest BCUT2D eigenvalue weighted by Crippen LogP contribution is -2.16.